The number of thiazole rings is 1. The molecule has 0 unspecified atom stereocenters. The maximum atomic E-state index is 13.2. The third-order valence-corrected chi connectivity index (χ3v) is 5.99. The molecule has 0 saturated heterocycles. The summed E-state index contributed by atoms with van der Waals surface area (Å²) >= 11 is 7.44. The van der Waals surface area contributed by atoms with Crippen LogP contribution in [0.2, 0.25) is 5.02 Å². The van der Waals surface area contributed by atoms with Gasteiger partial charge in [-0.15, -0.1) is 11.3 Å². The van der Waals surface area contributed by atoms with Gasteiger partial charge in [-0.3, -0.25) is 4.79 Å². The molecule has 152 valence electrons. The van der Waals surface area contributed by atoms with Crippen LogP contribution in [0.3, 0.4) is 0 Å². The molecule has 0 saturated carbocycles. The van der Waals surface area contributed by atoms with Crippen molar-refractivity contribution in [3.63, 3.8) is 0 Å². The molecule has 4 nitrogen and oxygen atoms in total. The van der Waals surface area contributed by atoms with Crippen LogP contribution in [0.5, 0.6) is 5.75 Å². The Kier molecular flexibility index (Phi) is 7.29. The first-order chi connectivity index (χ1) is 14.0. The minimum Gasteiger partial charge on any atom is -0.486 e. The van der Waals surface area contributed by atoms with Crippen molar-refractivity contribution in [2.45, 2.75) is 46.4 Å². The van der Waals surface area contributed by atoms with Gasteiger partial charge in [0.05, 0.1) is 12.2 Å². The molecule has 0 radical (unpaired) electrons. The zero-order valence-electron chi connectivity index (χ0n) is 16.9. The van der Waals surface area contributed by atoms with Crippen LogP contribution < -0.4 is 4.74 Å². The number of amides is 1. The molecule has 29 heavy (non-hydrogen) atoms. The highest BCUT2D eigenvalue weighted by Gasteiger charge is 2.23. The number of aryl methyl sites for hydroxylation is 1. The lowest BCUT2D eigenvalue weighted by atomic mass is 10.1. The third kappa shape index (κ3) is 5.58. The average molecular weight is 429 g/mol. The van der Waals surface area contributed by atoms with E-state index in [1.165, 1.54) is 0 Å². The number of carbonyl (C=O) groups excluding carboxylic acids is 1. The van der Waals surface area contributed by atoms with E-state index in [9.17, 15) is 4.79 Å². The minimum atomic E-state index is 0.0458. The van der Waals surface area contributed by atoms with Gasteiger partial charge in [-0.1, -0.05) is 36.7 Å². The smallest absolute Gasteiger partial charge is 0.254 e. The third-order valence-electron chi connectivity index (χ3n) is 4.87. The van der Waals surface area contributed by atoms with E-state index in [-0.39, 0.29) is 11.9 Å². The summed E-state index contributed by atoms with van der Waals surface area (Å²) in [6.45, 7) is 7.01. The van der Waals surface area contributed by atoms with Gasteiger partial charge in [0.1, 0.15) is 17.4 Å². The fourth-order valence-corrected chi connectivity index (χ4v) is 3.78. The summed E-state index contributed by atoms with van der Waals surface area (Å²) in [5.74, 6) is 0.798. The maximum absolute atomic E-state index is 13.2. The molecule has 0 aliphatic rings. The van der Waals surface area contributed by atoms with Gasteiger partial charge in [0.15, 0.2) is 0 Å². The number of hydrogen-bond acceptors (Lipinski definition) is 4. The molecule has 0 aliphatic heterocycles. The lowest BCUT2D eigenvalue weighted by Crippen LogP contribution is -2.38. The fourth-order valence-electron chi connectivity index (χ4n) is 2.95. The largest absolute Gasteiger partial charge is 0.486 e. The van der Waals surface area contributed by atoms with Gasteiger partial charge >= 0.3 is 0 Å². The number of ether oxygens (including phenoxy) is 1. The van der Waals surface area contributed by atoms with E-state index in [1.54, 1.807) is 23.5 Å². The summed E-state index contributed by atoms with van der Waals surface area (Å²) in [4.78, 5) is 19.8. The summed E-state index contributed by atoms with van der Waals surface area (Å²) in [6, 6.07) is 15.1. The monoisotopic (exact) mass is 428 g/mol. The molecule has 3 aromatic rings. The first-order valence-corrected chi connectivity index (χ1v) is 10.9. The molecule has 1 atom stereocenters. The summed E-state index contributed by atoms with van der Waals surface area (Å²) in [5, 5.41) is 3.56. The van der Waals surface area contributed by atoms with Crippen LogP contribution in [0.1, 0.15) is 46.9 Å². The Hall–Kier alpha value is -2.37. The van der Waals surface area contributed by atoms with E-state index >= 15 is 0 Å². The average Bonchev–Trinajstić information content (AvgIpc) is 3.18. The highest BCUT2D eigenvalue weighted by Crippen LogP contribution is 2.21. The van der Waals surface area contributed by atoms with Gasteiger partial charge in [0, 0.05) is 22.0 Å². The normalized spacial score (nSPS) is 11.9. The lowest BCUT2D eigenvalue weighted by molar-refractivity contribution is 0.0668. The molecular formula is C23H25ClN2O2S. The second-order valence-electron chi connectivity index (χ2n) is 6.98. The Labute approximate surface area is 181 Å². The first kappa shape index (κ1) is 21.3. The number of halogens is 1. The van der Waals surface area contributed by atoms with Crippen LogP contribution in [0, 0.1) is 6.92 Å². The van der Waals surface area contributed by atoms with Crippen molar-refractivity contribution >= 4 is 28.8 Å². The van der Waals surface area contributed by atoms with Crippen LogP contribution in [0.15, 0.2) is 53.9 Å². The molecule has 6 heteroatoms. The highest BCUT2D eigenvalue weighted by atomic mass is 35.5. The van der Waals surface area contributed by atoms with Crippen molar-refractivity contribution in [2.75, 3.05) is 0 Å². The van der Waals surface area contributed by atoms with Gasteiger partial charge in [0.2, 0.25) is 0 Å². The highest BCUT2D eigenvalue weighted by molar-refractivity contribution is 7.09. The Balaban J connectivity index is 1.69. The second-order valence-corrected chi connectivity index (χ2v) is 8.36. The second kappa shape index (κ2) is 9.90. The van der Waals surface area contributed by atoms with Crippen LogP contribution >= 0.6 is 22.9 Å². The van der Waals surface area contributed by atoms with E-state index in [0.29, 0.717) is 18.2 Å². The van der Waals surface area contributed by atoms with Gasteiger partial charge < -0.3 is 9.64 Å². The summed E-state index contributed by atoms with van der Waals surface area (Å²) in [5.41, 5.74) is 2.61. The molecule has 0 bridgehead atoms. The van der Waals surface area contributed by atoms with Crippen LogP contribution in [-0.4, -0.2) is 21.8 Å². The Bertz CT molecular complexity index is 956. The van der Waals surface area contributed by atoms with Crippen molar-refractivity contribution < 1.29 is 9.53 Å². The predicted molar refractivity (Wildman–Crippen MR) is 119 cm³/mol. The number of rotatable bonds is 8. The summed E-state index contributed by atoms with van der Waals surface area (Å²) in [6.07, 6.45) is 0.883. The number of carbonyl (C=O) groups is 1. The summed E-state index contributed by atoms with van der Waals surface area (Å²) < 4.78 is 5.78. The molecule has 2 aromatic carbocycles. The van der Waals surface area contributed by atoms with Crippen LogP contribution in [0.25, 0.3) is 0 Å². The van der Waals surface area contributed by atoms with Crippen molar-refractivity contribution in [2.24, 2.45) is 0 Å². The van der Waals surface area contributed by atoms with Crippen molar-refractivity contribution in [3.05, 3.63) is 80.8 Å². The van der Waals surface area contributed by atoms with E-state index in [0.717, 1.165) is 34.0 Å². The van der Waals surface area contributed by atoms with E-state index < -0.39 is 0 Å². The van der Waals surface area contributed by atoms with Gasteiger partial charge in [-0.05, 0) is 56.2 Å². The topological polar surface area (TPSA) is 42.4 Å². The van der Waals surface area contributed by atoms with Gasteiger partial charge in [-0.25, -0.2) is 4.98 Å². The molecule has 1 heterocycles. The molecule has 0 N–H and O–H groups in total. The van der Waals surface area contributed by atoms with E-state index in [2.05, 4.69) is 18.8 Å². The number of benzene rings is 2. The Morgan fingerprint density at radius 2 is 1.93 bits per heavy atom. The molecule has 1 amide bonds. The van der Waals surface area contributed by atoms with Crippen molar-refractivity contribution in [3.8, 4) is 5.75 Å². The van der Waals surface area contributed by atoms with E-state index in [1.807, 2.05) is 53.6 Å². The summed E-state index contributed by atoms with van der Waals surface area (Å²) in [7, 11) is 0. The number of hydrogen-bond donors (Lipinski definition) is 0. The standard InChI is InChI=1S/C23H25ClN2O2S/c1-4-17(3)26(23(27)21-8-6-5-7-16(21)2)13-19-15-29-22(25-19)14-28-20-11-9-18(24)10-12-20/h5-12,15,17H,4,13-14H2,1-3H3/t17-/m0/s1. The van der Waals surface area contributed by atoms with Gasteiger partial charge in [0.25, 0.3) is 5.91 Å². The molecule has 0 aliphatic carbocycles. The molecule has 0 fully saturated rings. The lowest BCUT2D eigenvalue weighted by Gasteiger charge is -2.28. The number of aromatic nitrogens is 1. The Morgan fingerprint density at radius 1 is 1.21 bits per heavy atom. The first-order valence-electron chi connectivity index (χ1n) is 9.66. The Morgan fingerprint density at radius 3 is 2.62 bits per heavy atom. The van der Waals surface area contributed by atoms with Gasteiger partial charge in [-0.2, -0.15) is 0 Å². The van der Waals surface area contributed by atoms with Crippen molar-refractivity contribution in [1.29, 1.82) is 0 Å². The SMILES string of the molecule is CC[C@H](C)N(Cc1csc(COc2ccc(Cl)cc2)n1)C(=O)c1ccccc1C. The molecular weight excluding hydrogens is 404 g/mol. The quantitative estimate of drug-likeness (QED) is 0.433. The zero-order valence-corrected chi connectivity index (χ0v) is 18.5. The van der Waals surface area contributed by atoms with Crippen molar-refractivity contribution in [1.82, 2.24) is 9.88 Å². The van der Waals surface area contributed by atoms with Crippen LogP contribution in [-0.2, 0) is 13.2 Å². The fraction of sp³-hybridized carbons (Fsp3) is 0.304. The van der Waals surface area contributed by atoms with Crippen LogP contribution in [0.4, 0.5) is 0 Å². The maximum Gasteiger partial charge on any atom is 0.254 e. The molecule has 0 spiro atoms. The molecule has 3 rings (SSSR count). The number of nitrogens with zero attached hydrogens (tertiary/aromatic N) is 2. The predicted octanol–water partition coefficient (Wildman–Crippen LogP) is 6.12. The van der Waals surface area contributed by atoms with E-state index in [4.69, 9.17) is 16.3 Å². The molecule has 1 aromatic heterocycles. The zero-order chi connectivity index (χ0) is 20.8. The minimum absolute atomic E-state index is 0.0458.